The zero-order valence-electron chi connectivity index (χ0n) is 27.5. The molecule has 9 heteroatoms. The minimum Gasteiger partial charge on any atom is -0.550 e. The Balaban J connectivity index is 0.00000192. The third-order valence-corrected chi connectivity index (χ3v) is 6.14. The first-order valence-corrected chi connectivity index (χ1v) is 14.9. The number of rotatable bonds is 10. The number of aromatic hydroxyl groups is 2. The van der Waals surface area contributed by atoms with Crippen LogP contribution in [0.2, 0.25) is 0 Å². The van der Waals surface area contributed by atoms with E-state index in [4.69, 9.17) is 19.8 Å². The number of phenols is 2. The minimum absolute atomic E-state index is 0. The third kappa shape index (κ3) is 16.1. The number of benzene rings is 3. The standard InChI is InChI=1S/C32H40N2O2.2C2H4O2.Co/c1-7-25-14-23(12-21(3)4)16-27(31(25)35)19-33-29-10-9-11-30(18-29)34-20-28-17-24(13-22(5)6)15-26(8-2)32(28)36;2*1-2(3)4;/h9-11,14-22,35-36H,7-8,12-13H2,1-6H3;2*1H3,(H,3,4);/q;;;+2/p-2. The molecule has 3 aromatic rings. The van der Waals surface area contributed by atoms with Crippen molar-refractivity contribution in [3.8, 4) is 11.5 Å². The van der Waals surface area contributed by atoms with Crippen molar-refractivity contribution >= 4 is 35.7 Å². The van der Waals surface area contributed by atoms with E-state index in [1.807, 2.05) is 36.4 Å². The van der Waals surface area contributed by atoms with Crippen LogP contribution < -0.4 is 10.2 Å². The molecule has 0 atom stereocenters. The van der Waals surface area contributed by atoms with Gasteiger partial charge in [0, 0.05) is 35.5 Å². The zero-order chi connectivity index (χ0) is 33.4. The van der Waals surface area contributed by atoms with Crippen molar-refractivity contribution in [3.63, 3.8) is 0 Å². The molecule has 245 valence electrons. The van der Waals surface area contributed by atoms with Crippen molar-refractivity contribution in [2.24, 2.45) is 21.8 Å². The van der Waals surface area contributed by atoms with Crippen molar-refractivity contribution in [3.05, 3.63) is 81.9 Å². The van der Waals surface area contributed by atoms with Crippen molar-refractivity contribution < 1.29 is 46.8 Å². The first kappa shape index (κ1) is 41.0. The summed E-state index contributed by atoms with van der Waals surface area (Å²) in [6.07, 6.45) is 6.93. The van der Waals surface area contributed by atoms with Gasteiger partial charge in [-0.2, -0.15) is 0 Å². The minimum atomic E-state index is -1.08. The molecule has 0 aliphatic carbocycles. The Kier molecular flexibility index (Phi) is 19.1. The molecule has 45 heavy (non-hydrogen) atoms. The van der Waals surface area contributed by atoms with E-state index in [1.165, 1.54) is 11.1 Å². The van der Waals surface area contributed by atoms with Crippen molar-refractivity contribution in [1.29, 1.82) is 0 Å². The molecule has 0 heterocycles. The van der Waals surface area contributed by atoms with Gasteiger partial charge in [0.15, 0.2) is 0 Å². The molecular weight excluding hydrogens is 615 g/mol. The molecule has 0 bridgehead atoms. The maximum atomic E-state index is 10.7. The number of nitrogens with zero attached hydrogens (tertiary/aromatic N) is 2. The number of aryl methyl sites for hydroxylation is 2. The molecular formula is C36H46CoN2O6. The quantitative estimate of drug-likeness (QED) is 0.270. The fraction of sp³-hybridized carbons (Fsp3) is 0.389. The summed E-state index contributed by atoms with van der Waals surface area (Å²) in [5.41, 5.74) is 7.29. The zero-order valence-corrected chi connectivity index (χ0v) is 28.6. The topological polar surface area (TPSA) is 145 Å². The van der Waals surface area contributed by atoms with E-state index in [9.17, 15) is 10.2 Å². The summed E-state index contributed by atoms with van der Waals surface area (Å²) in [5.74, 6) is -0.493. The van der Waals surface area contributed by atoms with Crippen LogP contribution in [0.3, 0.4) is 0 Å². The predicted octanol–water partition coefficient (Wildman–Crippen LogP) is 5.63. The predicted molar refractivity (Wildman–Crippen MR) is 174 cm³/mol. The number of aliphatic imine (C=N–C) groups is 2. The van der Waals surface area contributed by atoms with E-state index in [-0.39, 0.29) is 16.8 Å². The summed E-state index contributed by atoms with van der Waals surface area (Å²) in [5, 5.41) is 39.2. The smallest absolute Gasteiger partial charge is 0.550 e. The summed E-state index contributed by atoms with van der Waals surface area (Å²) < 4.78 is 0. The second-order valence-electron chi connectivity index (χ2n) is 11.3. The van der Waals surface area contributed by atoms with Crippen molar-refractivity contribution in [1.82, 2.24) is 0 Å². The number of aliphatic carboxylic acids is 2. The molecule has 2 N–H and O–H groups in total. The van der Waals surface area contributed by atoms with Crippen molar-refractivity contribution in [2.45, 2.75) is 81.1 Å². The Bertz CT molecular complexity index is 1330. The van der Waals surface area contributed by atoms with E-state index >= 15 is 0 Å². The van der Waals surface area contributed by atoms with Gasteiger partial charge in [0.2, 0.25) is 0 Å². The fourth-order valence-electron chi connectivity index (χ4n) is 4.43. The van der Waals surface area contributed by atoms with E-state index in [1.54, 1.807) is 12.4 Å². The van der Waals surface area contributed by atoms with Gasteiger partial charge in [-0.05, 0) is 104 Å². The first-order valence-electron chi connectivity index (χ1n) is 14.9. The number of hydrogen-bond acceptors (Lipinski definition) is 8. The SMILES string of the molecule is CC(=O)[O-].CC(=O)[O-].CCc1cc(CC(C)C)cc(C=Nc2cccc(N=Cc3cc(CC(C)C)cc(CC)c3O)c2)c1O.[Co+2]. The van der Waals surface area contributed by atoms with Crippen molar-refractivity contribution in [2.75, 3.05) is 0 Å². The van der Waals surface area contributed by atoms with Gasteiger partial charge in [0.05, 0.1) is 11.4 Å². The molecule has 1 radical (unpaired) electrons. The summed E-state index contributed by atoms with van der Waals surface area (Å²) >= 11 is 0. The van der Waals surface area contributed by atoms with Crippen LogP contribution in [-0.4, -0.2) is 34.6 Å². The maximum Gasteiger partial charge on any atom is 2.00 e. The maximum absolute atomic E-state index is 10.7. The number of carbonyl (C=O) groups excluding carboxylic acids is 2. The first-order chi connectivity index (χ1) is 20.7. The van der Waals surface area contributed by atoms with Crippen LogP contribution in [0.15, 0.2) is 58.5 Å². The second-order valence-corrected chi connectivity index (χ2v) is 11.3. The molecule has 0 spiro atoms. The molecule has 0 amide bonds. The van der Waals surface area contributed by atoms with E-state index < -0.39 is 11.9 Å². The summed E-state index contributed by atoms with van der Waals surface area (Å²) in [7, 11) is 0. The third-order valence-electron chi connectivity index (χ3n) is 6.14. The largest absolute Gasteiger partial charge is 2.00 e. The van der Waals surface area contributed by atoms with Crippen LogP contribution in [0, 0.1) is 11.8 Å². The molecule has 0 aliphatic rings. The van der Waals surface area contributed by atoms with Gasteiger partial charge in [-0.3, -0.25) is 9.98 Å². The van der Waals surface area contributed by atoms with E-state index in [0.717, 1.165) is 73.2 Å². The van der Waals surface area contributed by atoms with Gasteiger partial charge in [-0.25, -0.2) is 0 Å². The van der Waals surface area contributed by atoms with Crippen LogP contribution in [0.25, 0.3) is 0 Å². The Morgan fingerprint density at radius 1 is 0.711 bits per heavy atom. The van der Waals surface area contributed by atoms with Crippen LogP contribution >= 0.6 is 0 Å². The normalized spacial score (nSPS) is 10.7. The number of phenolic OH excluding ortho intramolecular Hbond substituents is 2. The van der Waals surface area contributed by atoms with E-state index in [2.05, 4.69) is 63.7 Å². The van der Waals surface area contributed by atoms with Crippen LogP contribution in [-0.2, 0) is 52.1 Å². The molecule has 0 fully saturated rings. The van der Waals surface area contributed by atoms with E-state index in [0.29, 0.717) is 23.3 Å². The molecule has 0 aliphatic heterocycles. The van der Waals surface area contributed by atoms with Gasteiger partial charge in [-0.1, -0.05) is 59.7 Å². The summed E-state index contributed by atoms with van der Waals surface area (Å²) in [6, 6.07) is 15.9. The average Bonchev–Trinajstić information content (AvgIpc) is 2.92. The molecule has 0 saturated carbocycles. The van der Waals surface area contributed by atoms with Gasteiger partial charge >= 0.3 is 16.8 Å². The number of carbonyl (C=O) groups is 2. The molecule has 0 unspecified atom stereocenters. The Labute approximate surface area is 278 Å². The molecule has 0 saturated heterocycles. The number of carboxylic acid groups (broad SMARTS) is 2. The van der Waals surface area contributed by atoms with Crippen LogP contribution in [0.1, 0.15) is 88.8 Å². The summed E-state index contributed by atoms with van der Waals surface area (Å²) in [4.78, 5) is 27.0. The molecule has 0 aromatic heterocycles. The van der Waals surface area contributed by atoms with Gasteiger partial charge in [-0.15, -0.1) is 0 Å². The van der Waals surface area contributed by atoms with Crippen LogP contribution in [0.5, 0.6) is 11.5 Å². The average molecular weight is 662 g/mol. The molecule has 3 rings (SSSR count). The molecule has 3 aromatic carbocycles. The fourth-order valence-corrected chi connectivity index (χ4v) is 4.43. The van der Waals surface area contributed by atoms with Gasteiger partial charge < -0.3 is 30.0 Å². The monoisotopic (exact) mass is 661 g/mol. The van der Waals surface area contributed by atoms with Gasteiger partial charge in [0.1, 0.15) is 11.5 Å². The Morgan fingerprint density at radius 3 is 1.33 bits per heavy atom. The van der Waals surface area contributed by atoms with Crippen LogP contribution in [0.4, 0.5) is 11.4 Å². The summed E-state index contributed by atoms with van der Waals surface area (Å²) in [6.45, 7) is 14.8. The van der Waals surface area contributed by atoms with Gasteiger partial charge in [0.25, 0.3) is 0 Å². The Hall–Kier alpha value is -3.95. The number of hydrogen-bond donors (Lipinski definition) is 2. The number of carboxylic acids is 2. The second kappa shape index (κ2) is 20.9. The Morgan fingerprint density at radius 2 is 1.04 bits per heavy atom. The molecule has 8 nitrogen and oxygen atoms in total.